The highest BCUT2D eigenvalue weighted by atomic mass is 16.5. The molecule has 0 radical (unpaired) electrons. The van der Waals surface area contributed by atoms with Crippen LogP contribution in [0.3, 0.4) is 0 Å². The summed E-state index contributed by atoms with van der Waals surface area (Å²) in [4.78, 5) is 11.2. The Bertz CT molecular complexity index is 629. The van der Waals surface area contributed by atoms with Gasteiger partial charge in [-0.15, -0.1) is 0 Å². The molecule has 0 amide bonds. The van der Waals surface area contributed by atoms with E-state index in [9.17, 15) is 0 Å². The van der Waals surface area contributed by atoms with Crippen molar-refractivity contribution in [3.8, 4) is 23.0 Å². The van der Waals surface area contributed by atoms with Gasteiger partial charge >= 0.3 is 0 Å². The molecule has 3 heterocycles. The summed E-state index contributed by atoms with van der Waals surface area (Å²) in [5, 5.41) is 3.89. The fraction of sp³-hybridized carbons (Fsp3) is 0. The molecule has 0 fully saturated rings. The van der Waals surface area contributed by atoms with Crippen molar-refractivity contribution in [2.45, 2.75) is 0 Å². The van der Waals surface area contributed by atoms with Gasteiger partial charge in [-0.2, -0.15) is 4.98 Å². The van der Waals surface area contributed by atoms with Crippen LogP contribution in [0.2, 0.25) is 0 Å². The van der Waals surface area contributed by atoms with Gasteiger partial charge in [-0.3, -0.25) is 0 Å². The minimum atomic E-state index is 0.419. The molecule has 6 heteroatoms. The van der Waals surface area contributed by atoms with Crippen molar-refractivity contribution in [2.75, 3.05) is 5.73 Å². The van der Waals surface area contributed by atoms with Gasteiger partial charge in [0.2, 0.25) is 5.82 Å². The third-order valence-corrected chi connectivity index (χ3v) is 2.29. The van der Waals surface area contributed by atoms with Crippen LogP contribution < -0.4 is 5.73 Å². The largest absolute Gasteiger partial charge is 0.384 e. The van der Waals surface area contributed by atoms with Crippen LogP contribution in [0.1, 0.15) is 0 Å². The molecule has 0 atom stereocenters. The molecule has 0 bridgehead atoms. The van der Waals surface area contributed by atoms with Gasteiger partial charge in [0.1, 0.15) is 5.82 Å². The Balaban J connectivity index is 2.01. The van der Waals surface area contributed by atoms with Crippen LogP contribution in [0.25, 0.3) is 23.0 Å². The van der Waals surface area contributed by atoms with E-state index in [1.54, 1.807) is 24.5 Å². The van der Waals surface area contributed by atoms with Crippen molar-refractivity contribution in [2.24, 2.45) is 0 Å². The monoisotopic (exact) mass is 227 g/mol. The normalized spacial score (nSPS) is 10.6. The van der Waals surface area contributed by atoms with Gasteiger partial charge in [-0.05, 0) is 24.3 Å². The molecule has 17 heavy (non-hydrogen) atoms. The van der Waals surface area contributed by atoms with Crippen LogP contribution in [0.5, 0.6) is 0 Å². The summed E-state index contributed by atoms with van der Waals surface area (Å²) in [5.74, 6) is 1.35. The second kappa shape index (κ2) is 3.75. The quantitative estimate of drug-likeness (QED) is 0.695. The number of aromatic amines is 1. The molecule has 0 saturated heterocycles. The van der Waals surface area contributed by atoms with Crippen LogP contribution in [0, 0.1) is 0 Å². The van der Waals surface area contributed by atoms with E-state index in [4.69, 9.17) is 10.3 Å². The molecule has 0 saturated carbocycles. The van der Waals surface area contributed by atoms with Crippen LogP contribution in [0.15, 0.2) is 41.2 Å². The van der Waals surface area contributed by atoms with Crippen molar-refractivity contribution in [1.82, 2.24) is 20.1 Å². The van der Waals surface area contributed by atoms with E-state index >= 15 is 0 Å². The maximum Gasteiger partial charge on any atom is 0.258 e. The van der Waals surface area contributed by atoms with E-state index in [-0.39, 0.29) is 0 Å². The Labute approximate surface area is 96.5 Å². The fourth-order valence-electron chi connectivity index (χ4n) is 1.50. The molecule has 3 aromatic rings. The summed E-state index contributed by atoms with van der Waals surface area (Å²) in [7, 11) is 0. The number of nitrogens with two attached hydrogens (primary N) is 1. The van der Waals surface area contributed by atoms with Crippen molar-refractivity contribution >= 4 is 5.82 Å². The second-order valence-electron chi connectivity index (χ2n) is 3.48. The first kappa shape index (κ1) is 9.59. The molecule has 0 aliphatic carbocycles. The van der Waals surface area contributed by atoms with Gasteiger partial charge < -0.3 is 15.2 Å². The summed E-state index contributed by atoms with van der Waals surface area (Å²) >= 11 is 0. The number of rotatable bonds is 2. The third kappa shape index (κ3) is 1.76. The maximum atomic E-state index is 5.59. The number of nitrogens with one attached hydrogen (secondary N) is 1. The summed E-state index contributed by atoms with van der Waals surface area (Å²) in [6.07, 6.45) is 3.40. The second-order valence-corrected chi connectivity index (χ2v) is 3.48. The highest BCUT2D eigenvalue weighted by Crippen LogP contribution is 2.21. The predicted molar refractivity (Wildman–Crippen MR) is 61.7 cm³/mol. The first-order valence-electron chi connectivity index (χ1n) is 5.02. The molecule has 0 aliphatic heterocycles. The van der Waals surface area contributed by atoms with Crippen molar-refractivity contribution in [3.05, 3.63) is 36.7 Å². The first-order chi connectivity index (χ1) is 8.33. The van der Waals surface area contributed by atoms with Gasteiger partial charge in [0.15, 0.2) is 0 Å². The van der Waals surface area contributed by atoms with Crippen LogP contribution >= 0.6 is 0 Å². The molecule has 3 aromatic heterocycles. The molecule has 6 nitrogen and oxygen atoms in total. The van der Waals surface area contributed by atoms with E-state index < -0.39 is 0 Å². The lowest BCUT2D eigenvalue weighted by molar-refractivity contribution is 0.432. The van der Waals surface area contributed by atoms with Crippen molar-refractivity contribution < 1.29 is 4.52 Å². The summed E-state index contributed by atoms with van der Waals surface area (Å²) < 4.78 is 5.17. The minimum Gasteiger partial charge on any atom is -0.384 e. The van der Waals surface area contributed by atoms with E-state index in [0.717, 1.165) is 11.3 Å². The van der Waals surface area contributed by atoms with E-state index in [2.05, 4.69) is 20.1 Å². The van der Waals surface area contributed by atoms with Crippen LogP contribution in [-0.2, 0) is 0 Å². The number of aromatic nitrogens is 4. The lowest BCUT2D eigenvalue weighted by atomic mass is 10.2. The van der Waals surface area contributed by atoms with Gasteiger partial charge in [0.25, 0.3) is 5.89 Å². The van der Waals surface area contributed by atoms with E-state index in [0.29, 0.717) is 17.5 Å². The van der Waals surface area contributed by atoms with Crippen LogP contribution in [-0.4, -0.2) is 20.1 Å². The topological polar surface area (TPSA) is 93.6 Å². The zero-order chi connectivity index (χ0) is 11.7. The van der Waals surface area contributed by atoms with Gasteiger partial charge in [-0.1, -0.05) is 5.16 Å². The lowest BCUT2D eigenvalue weighted by Crippen LogP contribution is -1.89. The van der Waals surface area contributed by atoms with E-state index in [1.165, 1.54) is 0 Å². The Kier molecular flexibility index (Phi) is 2.11. The summed E-state index contributed by atoms with van der Waals surface area (Å²) in [6, 6.07) is 7.19. The average molecular weight is 227 g/mol. The Morgan fingerprint density at radius 1 is 1.29 bits per heavy atom. The SMILES string of the molecule is Nc1cc(-c2nc(-c3ccc[nH]3)no2)ccn1. The van der Waals surface area contributed by atoms with Gasteiger partial charge in [0.05, 0.1) is 5.69 Å². The van der Waals surface area contributed by atoms with Crippen molar-refractivity contribution in [3.63, 3.8) is 0 Å². The molecular weight excluding hydrogens is 218 g/mol. The van der Waals surface area contributed by atoms with Gasteiger partial charge in [-0.25, -0.2) is 4.98 Å². The zero-order valence-corrected chi connectivity index (χ0v) is 8.79. The average Bonchev–Trinajstić information content (AvgIpc) is 3.00. The number of nitrogen functional groups attached to an aromatic ring is 1. The van der Waals surface area contributed by atoms with Gasteiger partial charge in [0, 0.05) is 18.0 Å². The molecule has 3 rings (SSSR count). The molecule has 3 N–H and O–H groups in total. The highest BCUT2D eigenvalue weighted by Gasteiger charge is 2.11. The number of hydrogen-bond donors (Lipinski definition) is 2. The smallest absolute Gasteiger partial charge is 0.258 e. The molecule has 0 aliphatic rings. The first-order valence-corrected chi connectivity index (χ1v) is 5.02. The zero-order valence-electron chi connectivity index (χ0n) is 8.79. The number of H-pyrrole nitrogens is 1. The standard InChI is InChI=1S/C11H9N5O/c12-9-6-7(3-5-14-9)11-15-10(16-17-11)8-2-1-4-13-8/h1-6,13H,(H2,12,14). The van der Waals surface area contributed by atoms with E-state index in [1.807, 2.05) is 12.1 Å². The lowest BCUT2D eigenvalue weighted by Gasteiger charge is -1.94. The molecule has 0 unspecified atom stereocenters. The maximum absolute atomic E-state index is 5.59. The summed E-state index contributed by atoms with van der Waals surface area (Å²) in [6.45, 7) is 0. The number of hydrogen-bond acceptors (Lipinski definition) is 5. The number of nitrogens with zero attached hydrogens (tertiary/aromatic N) is 3. The molecule has 84 valence electrons. The molecule has 0 aromatic carbocycles. The number of pyridine rings is 1. The number of anilines is 1. The Morgan fingerprint density at radius 3 is 3.00 bits per heavy atom. The minimum absolute atomic E-state index is 0.419. The molecule has 0 spiro atoms. The molecular formula is C11H9N5O. The van der Waals surface area contributed by atoms with Crippen molar-refractivity contribution in [1.29, 1.82) is 0 Å². The van der Waals surface area contributed by atoms with Crippen LogP contribution in [0.4, 0.5) is 5.82 Å². The predicted octanol–water partition coefficient (Wildman–Crippen LogP) is 1.71. The summed E-state index contributed by atoms with van der Waals surface area (Å²) in [5.41, 5.74) is 7.15. The Morgan fingerprint density at radius 2 is 2.24 bits per heavy atom. The third-order valence-electron chi connectivity index (χ3n) is 2.29. The fourth-order valence-corrected chi connectivity index (χ4v) is 1.50. The highest BCUT2D eigenvalue weighted by molar-refractivity contribution is 5.59. The Hall–Kier alpha value is -2.63.